The van der Waals surface area contributed by atoms with Gasteiger partial charge in [-0.2, -0.15) is 0 Å². The molecule has 0 amide bonds. The molecule has 6 heteroatoms. The average Bonchev–Trinajstić information content (AvgIpc) is 3.29. The van der Waals surface area contributed by atoms with Crippen LogP contribution in [-0.4, -0.2) is 37.2 Å². The first-order valence-corrected chi connectivity index (χ1v) is 29.4. The molecule has 0 fully saturated rings. The number of carbonyl (C=O) groups is 3. The molecule has 0 aromatic rings. The molecular weight excluding hydrogens is 805 g/mol. The van der Waals surface area contributed by atoms with Crippen molar-refractivity contribution >= 4 is 17.9 Å². The summed E-state index contributed by atoms with van der Waals surface area (Å²) in [6.45, 7) is 9.04. The lowest BCUT2D eigenvalue weighted by molar-refractivity contribution is -0.167. The van der Waals surface area contributed by atoms with Gasteiger partial charge in [0, 0.05) is 19.3 Å². The third-order valence-electron chi connectivity index (χ3n) is 13.5. The molecule has 0 spiro atoms. The van der Waals surface area contributed by atoms with E-state index in [1.807, 2.05) is 0 Å². The van der Waals surface area contributed by atoms with Gasteiger partial charge < -0.3 is 14.2 Å². The molecule has 0 saturated carbocycles. The molecule has 0 heterocycles. The van der Waals surface area contributed by atoms with Crippen LogP contribution in [-0.2, 0) is 28.6 Å². The van der Waals surface area contributed by atoms with Crippen molar-refractivity contribution in [1.29, 1.82) is 0 Å². The largest absolute Gasteiger partial charge is 0.462 e. The SMILES string of the molecule is CCCCCCCCCCCCCCCCCCCCCC(=O)O[C@@H](COC(=O)CCCCCCCCCCCCCCCCCC)COC(=O)CCCCCCCCCCCC(C)C. The first kappa shape index (κ1) is 63.4. The van der Waals surface area contributed by atoms with Gasteiger partial charge in [0.2, 0.25) is 0 Å². The van der Waals surface area contributed by atoms with E-state index in [0.29, 0.717) is 19.3 Å². The van der Waals surface area contributed by atoms with E-state index in [2.05, 4.69) is 27.7 Å². The number of ether oxygens (including phenoxy) is 3. The van der Waals surface area contributed by atoms with Crippen LogP contribution in [0, 0.1) is 5.92 Å². The Labute approximate surface area is 406 Å². The van der Waals surface area contributed by atoms with Gasteiger partial charge in [-0.05, 0) is 25.2 Å². The molecule has 0 aromatic carbocycles. The van der Waals surface area contributed by atoms with E-state index in [1.165, 1.54) is 231 Å². The molecule has 386 valence electrons. The molecule has 0 aromatic heterocycles. The zero-order valence-corrected chi connectivity index (χ0v) is 44.5. The second-order valence-corrected chi connectivity index (χ2v) is 20.8. The second-order valence-electron chi connectivity index (χ2n) is 20.8. The third kappa shape index (κ3) is 53.2. The lowest BCUT2D eigenvalue weighted by Crippen LogP contribution is -2.30. The zero-order chi connectivity index (χ0) is 47.4. The molecule has 65 heavy (non-hydrogen) atoms. The molecule has 1 atom stereocenters. The van der Waals surface area contributed by atoms with Crippen LogP contribution in [0.25, 0.3) is 0 Å². The van der Waals surface area contributed by atoms with E-state index >= 15 is 0 Å². The van der Waals surface area contributed by atoms with Gasteiger partial charge in [-0.3, -0.25) is 14.4 Å². The standard InChI is InChI=1S/C59H114O6/c1-5-7-9-11-13-15-17-19-21-23-24-25-27-29-31-35-40-44-48-52-59(62)65-56(54-64-58(61)51-47-43-39-36-32-33-37-41-45-49-55(3)4)53-63-57(60)50-46-42-38-34-30-28-26-22-20-18-16-14-12-10-8-6-2/h55-56H,5-54H2,1-4H3/t56-/m0/s1. The first-order chi connectivity index (χ1) is 31.9. The average molecular weight is 920 g/mol. The predicted molar refractivity (Wildman–Crippen MR) is 280 cm³/mol. The Balaban J connectivity index is 4.27. The summed E-state index contributed by atoms with van der Waals surface area (Å²) in [5.74, 6) is -0.0278. The molecule has 0 aliphatic heterocycles. The fourth-order valence-corrected chi connectivity index (χ4v) is 9.10. The number of esters is 3. The maximum atomic E-state index is 12.9. The van der Waals surface area contributed by atoms with Gasteiger partial charge in [0.25, 0.3) is 0 Å². The molecule has 0 unspecified atom stereocenters. The van der Waals surface area contributed by atoms with Crippen molar-refractivity contribution in [2.24, 2.45) is 5.92 Å². The minimum absolute atomic E-state index is 0.0621. The maximum absolute atomic E-state index is 12.9. The lowest BCUT2D eigenvalue weighted by Gasteiger charge is -2.18. The van der Waals surface area contributed by atoms with Gasteiger partial charge in [0.1, 0.15) is 13.2 Å². The molecule has 0 aliphatic carbocycles. The summed E-state index contributed by atoms with van der Waals surface area (Å²) in [4.78, 5) is 38.1. The summed E-state index contributed by atoms with van der Waals surface area (Å²) in [6, 6.07) is 0. The smallest absolute Gasteiger partial charge is 0.306 e. The minimum Gasteiger partial charge on any atom is -0.462 e. The third-order valence-corrected chi connectivity index (χ3v) is 13.5. The second kappa shape index (κ2) is 53.4. The van der Waals surface area contributed by atoms with Crippen molar-refractivity contribution in [2.45, 2.75) is 342 Å². The summed E-state index contributed by atoms with van der Waals surface area (Å²) in [5.41, 5.74) is 0. The highest BCUT2D eigenvalue weighted by Crippen LogP contribution is 2.18. The van der Waals surface area contributed by atoms with E-state index in [4.69, 9.17) is 14.2 Å². The zero-order valence-electron chi connectivity index (χ0n) is 44.5. The number of hydrogen-bond acceptors (Lipinski definition) is 6. The Morgan fingerprint density at radius 3 is 0.754 bits per heavy atom. The fourth-order valence-electron chi connectivity index (χ4n) is 9.10. The van der Waals surface area contributed by atoms with Crippen molar-refractivity contribution in [3.8, 4) is 0 Å². The van der Waals surface area contributed by atoms with Gasteiger partial charge in [0.15, 0.2) is 6.10 Å². The van der Waals surface area contributed by atoms with Crippen molar-refractivity contribution in [3.63, 3.8) is 0 Å². The highest BCUT2D eigenvalue weighted by molar-refractivity contribution is 5.71. The number of rotatable bonds is 54. The van der Waals surface area contributed by atoms with E-state index in [9.17, 15) is 14.4 Å². The summed E-state index contributed by atoms with van der Waals surface area (Å²) >= 11 is 0. The quantitative estimate of drug-likeness (QED) is 0.0344. The van der Waals surface area contributed by atoms with Gasteiger partial charge in [0.05, 0.1) is 0 Å². The topological polar surface area (TPSA) is 78.9 Å². The predicted octanol–water partition coefficient (Wildman–Crippen LogP) is 19.4. The molecule has 0 N–H and O–H groups in total. The van der Waals surface area contributed by atoms with Gasteiger partial charge in [-0.25, -0.2) is 0 Å². The number of unbranched alkanes of at least 4 members (excludes halogenated alkanes) is 41. The normalized spacial score (nSPS) is 12.0. The van der Waals surface area contributed by atoms with Crippen LogP contribution < -0.4 is 0 Å². The van der Waals surface area contributed by atoms with E-state index in [0.717, 1.165) is 63.7 Å². The monoisotopic (exact) mass is 919 g/mol. The first-order valence-electron chi connectivity index (χ1n) is 29.4. The molecule has 6 nitrogen and oxygen atoms in total. The molecule has 0 saturated heterocycles. The van der Waals surface area contributed by atoms with Crippen LogP contribution in [0.15, 0.2) is 0 Å². The Kier molecular flexibility index (Phi) is 52.1. The van der Waals surface area contributed by atoms with Crippen LogP contribution in [0.4, 0.5) is 0 Å². The molecule has 0 rings (SSSR count). The van der Waals surface area contributed by atoms with Gasteiger partial charge in [-0.1, -0.05) is 297 Å². The van der Waals surface area contributed by atoms with Crippen LogP contribution in [0.2, 0.25) is 0 Å². The molecule has 0 aliphatic rings. The Hall–Kier alpha value is -1.59. The number of carbonyl (C=O) groups excluding carboxylic acids is 3. The number of hydrogen-bond donors (Lipinski definition) is 0. The minimum atomic E-state index is -0.762. The van der Waals surface area contributed by atoms with Crippen molar-refractivity contribution in [2.75, 3.05) is 13.2 Å². The molecule has 0 radical (unpaired) electrons. The Bertz CT molecular complexity index is 980. The van der Waals surface area contributed by atoms with E-state index in [-0.39, 0.29) is 31.1 Å². The Morgan fingerprint density at radius 2 is 0.508 bits per heavy atom. The summed E-state index contributed by atoms with van der Waals surface area (Å²) in [6.07, 6.45) is 58.1. The highest BCUT2D eigenvalue weighted by atomic mass is 16.6. The van der Waals surface area contributed by atoms with Crippen LogP contribution in [0.3, 0.4) is 0 Å². The van der Waals surface area contributed by atoms with Crippen LogP contribution in [0.5, 0.6) is 0 Å². The fraction of sp³-hybridized carbons (Fsp3) is 0.949. The summed E-state index contributed by atoms with van der Waals surface area (Å²) in [5, 5.41) is 0. The van der Waals surface area contributed by atoms with Crippen molar-refractivity contribution in [3.05, 3.63) is 0 Å². The van der Waals surface area contributed by atoms with Gasteiger partial charge >= 0.3 is 17.9 Å². The van der Waals surface area contributed by atoms with E-state index in [1.54, 1.807) is 0 Å². The molecular formula is C59H114O6. The van der Waals surface area contributed by atoms with Gasteiger partial charge in [-0.15, -0.1) is 0 Å². The molecule has 0 bridgehead atoms. The maximum Gasteiger partial charge on any atom is 0.306 e. The Morgan fingerprint density at radius 1 is 0.292 bits per heavy atom. The van der Waals surface area contributed by atoms with Crippen LogP contribution in [0.1, 0.15) is 336 Å². The van der Waals surface area contributed by atoms with Crippen molar-refractivity contribution < 1.29 is 28.6 Å². The van der Waals surface area contributed by atoms with E-state index < -0.39 is 6.10 Å². The van der Waals surface area contributed by atoms with Crippen molar-refractivity contribution in [1.82, 2.24) is 0 Å². The highest BCUT2D eigenvalue weighted by Gasteiger charge is 2.19. The lowest BCUT2D eigenvalue weighted by atomic mass is 10.0. The van der Waals surface area contributed by atoms with Crippen LogP contribution >= 0.6 is 0 Å². The summed E-state index contributed by atoms with van der Waals surface area (Å²) in [7, 11) is 0. The summed E-state index contributed by atoms with van der Waals surface area (Å²) < 4.78 is 16.9.